The molecule has 0 unspecified atom stereocenters. The van der Waals surface area contributed by atoms with Crippen LogP contribution in [0, 0.1) is 6.92 Å². The number of carbonyl (C=O) groups excluding carboxylic acids is 1. The maximum absolute atomic E-state index is 12.1. The third kappa shape index (κ3) is 9.18. The van der Waals surface area contributed by atoms with Crippen molar-refractivity contribution in [2.45, 2.75) is 53.2 Å². The lowest BCUT2D eigenvalue weighted by molar-refractivity contribution is 0.0500. The number of hydrogen-bond donors (Lipinski definition) is 2. The van der Waals surface area contributed by atoms with Crippen molar-refractivity contribution in [1.82, 2.24) is 15.5 Å². The molecule has 0 saturated carbocycles. The molecule has 2 N–H and O–H groups in total. The van der Waals surface area contributed by atoms with Gasteiger partial charge < -0.3 is 19.6 Å². The SMILES string of the molecule is CCN(c1cc(C(=O)O)cc(-c2nnc([C@H](C)NC(=O)OC(C)(C)C)o2)c1)S(C)(=O)=O.Cc1ccccc1. The van der Waals surface area contributed by atoms with Crippen LogP contribution in [0.1, 0.15) is 62.5 Å². The van der Waals surface area contributed by atoms with Crippen LogP contribution in [0.25, 0.3) is 11.5 Å². The number of sulfonamides is 1. The fourth-order valence-corrected chi connectivity index (χ4v) is 4.17. The van der Waals surface area contributed by atoms with E-state index in [2.05, 4.69) is 34.6 Å². The average Bonchev–Trinajstić information content (AvgIpc) is 3.29. The van der Waals surface area contributed by atoms with Gasteiger partial charge in [-0.05, 0) is 59.7 Å². The van der Waals surface area contributed by atoms with Gasteiger partial charge in [-0.25, -0.2) is 18.0 Å². The van der Waals surface area contributed by atoms with E-state index in [0.29, 0.717) is 0 Å². The summed E-state index contributed by atoms with van der Waals surface area (Å²) >= 11 is 0. The molecule has 12 heteroatoms. The van der Waals surface area contributed by atoms with Crippen LogP contribution in [0.4, 0.5) is 10.5 Å². The number of benzene rings is 2. The zero-order chi connectivity index (χ0) is 28.7. The molecule has 0 aliphatic heterocycles. The maximum Gasteiger partial charge on any atom is 0.408 e. The summed E-state index contributed by atoms with van der Waals surface area (Å²) in [6.07, 6.45) is 0.361. The maximum atomic E-state index is 12.1. The first kappa shape index (κ1) is 30.3. The third-order valence-corrected chi connectivity index (χ3v) is 6.14. The first-order chi connectivity index (χ1) is 17.6. The molecule has 0 aliphatic rings. The highest BCUT2D eigenvalue weighted by Crippen LogP contribution is 2.28. The van der Waals surface area contributed by atoms with Gasteiger partial charge in [0.15, 0.2) is 0 Å². The lowest BCUT2D eigenvalue weighted by atomic mass is 10.1. The summed E-state index contributed by atoms with van der Waals surface area (Å²) in [5.74, 6) is -1.20. The topological polar surface area (TPSA) is 152 Å². The minimum absolute atomic E-state index is 0.0262. The number of ether oxygens (including phenoxy) is 1. The van der Waals surface area contributed by atoms with Crippen molar-refractivity contribution in [2.75, 3.05) is 17.1 Å². The molecule has 3 rings (SSSR count). The summed E-state index contributed by atoms with van der Waals surface area (Å²) in [5.41, 5.74) is 0.874. The Balaban J connectivity index is 0.000000624. The van der Waals surface area contributed by atoms with Crippen LogP contribution in [0.3, 0.4) is 0 Å². The van der Waals surface area contributed by atoms with Crippen LogP contribution in [0.5, 0.6) is 0 Å². The second-order valence-electron chi connectivity index (χ2n) is 9.47. The molecule has 0 aliphatic carbocycles. The highest BCUT2D eigenvalue weighted by atomic mass is 32.2. The normalized spacial score (nSPS) is 12.1. The van der Waals surface area contributed by atoms with E-state index in [1.807, 2.05) is 18.2 Å². The van der Waals surface area contributed by atoms with Gasteiger partial charge in [0.1, 0.15) is 11.6 Å². The number of carbonyl (C=O) groups is 2. The van der Waals surface area contributed by atoms with E-state index in [0.717, 1.165) is 10.6 Å². The summed E-state index contributed by atoms with van der Waals surface area (Å²) in [7, 11) is -3.63. The summed E-state index contributed by atoms with van der Waals surface area (Å²) in [4.78, 5) is 23.5. The molecule has 0 spiro atoms. The van der Waals surface area contributed by atoms with E-state index in [1.54, 1.807) is 34.6 Å². The Kier molecular flexibility index (Phi) is 10.0. The monoisotopic (exact) mass is 546 g/mol. The molecule has 0 saturated heterocycles. The number of nitrogens with one attached hydrogen (secondary N) is 1. The molecule has 1 atom stereocenters. The standard InChI is InChI=1S/C19H26N4O7S.C7H8/c1-7-23(31(6,27)28)14-9-12(8-13(10-14)17(24)25)16-22-21-15(29-16)11(2)20-18(26)30-19(3,4)5;1-7-5-3-2-4-6-7/h8-11H,7H2,1-6H3,(H,20,26)(H,24,25);2-6H,1H3/t11-;/m0./s1. The predicted molar refractivity (Wildman–Crippen MR) is 144 cm³/mol. The number of carboxylic acid groups (broad SMARTS) is 1. The summed E-state index contributed by atoms with van der Waals surface area (Å²) in [5, 5.41) is 19.8. The van der Waals surface area contributed by atoms with Gasteiger partial charge >= 0.3 is 12.1 Å². The van der Waals surface area contributed by atoms with Crippen LogP contribution in [0.2, 0.25) is 0 Å². The molecule has 206 valence electrons. The largest absolute Gasteiger partial charge is 0.478 e. The molecular weight excluding hydrogens is 512 g/mol. The van der Waals surface area contributed by atoms with Gasteiger partial charge in [-0.15, -0.1) is 10.2 Å². The number of anilines is 1. The van der Waals surface area contributed by atoms with Gasteiger partial charge in [0.2, 0.25) is 21.8 Å². The Hall–Kier alpha value is -3.93. The third-order valence-electron chi connectivity index (χ3n) is 4.87. The fourth-order valence-electron chi connectivity index (χ4n) is 3.22. The van der Waals surface area contributed by atoms with Gasteiger partial charge in [0.25, 0.3) is 0 Å². The van der Waals surface area contributed by atoms with E-state index >= 15 is 0 Å². The van der Waals surface area contributed by atoms with E-state index in [1.165, 1.54) is 23.8 Å². The van der Waals surface area contributed by atoms with Crippen molar-refractivity contribution in [1.29, 1.82) is 0 Å². The Labute approximate surface area is 222 Å². The molecule has 11 nitrogen and oxygen atoms in total. The van der Waals surface area contributed by atoms with E-state index in [9.17, 15) is 23.1 Å². The summed E-state index contributed by atoms with van der Waals surface area (Å²) in [6, 6.07) is 13.6. The lowest BCUT2D eigenvalue weighted by Crippen LogP contribution is -2.34. The number of amides is 1. The number of carboxylic acids is 1. The van der Waals surface area contributed by atoms with Crippen LogP contribution in [0.15, 0.2) is 52.9 Å². The molecule has 38 heavy (non-hydrogen) atoms. The van der Waals surface area contributed by atoms with Crippen molar-refractivity contribution in [3.63, 3.8) is 0 Å². The van der Waals surface area contributed by atoms with E-state index in [4.69, 9.17) is 9.15 Å². The molecule has 1 amide bonds. The van der Waals surface area contributed by atoms with Crippen molar-refractivity contribution in [3.8, 4) is 11.5 Å². The molecule has 1 aromatic heterocycles. The predicted octanol–water partition coefficient (Wildman–Crippen LogP) is 4.80. The molecule has 0 bridgehead atoms. The summed E-state index contributed by atoms with van der Waals surface area (Å²) < 4.78 is 36.0. The molecule has 3 aromatic rings. The second-order valence-corrected chi connectivity index (χ2v) is 11.4. The molecule has 0 radical (unpaired) electrons. The van der Waals surface area contributed by atoms with Gasteiger partial charge in [-0.2, -0.15) is 0 Å². The number of aryl methyl sites for hydroxylation is 1. The van der Waals surface area contributed by atoms with Crippen molar-refractivity contribution in [2.24, 2.45) is 0 Å². The Bertz CT molecular complexity index is 1350. The minimum Gasteiger partial charge on any atom is -0.478 e. The average molecular weight is 547 g/mol. The molecular formula is C26H34N4O7S. The smallest absolute Gasteiger partial charge is 0.408 e. The first-order valence-electron chi connectivity index (χ1n) is 11.8. The number of hydrogen-bond acceptors (Lipinski definition) is 8. The molecule has 0 fully saturated rings. The number of aromatic nitrogens is 2. The molecule has 1 heterocycles. The Morgan fingerprint density at radius 3 is 2.24 bits per heavy atom. The Morgan fingerprint density at radius 2 is 1.76 bits per heavy atom. The van der Waals surface area contributed by atoms with Gasteiger partial charge in [0.05, 0.1) is 17.5 Å². The van der Waals surface area contributed by atoms with Gasteiger partial charge in [-0.3, -0.25) is 4.31 Å². The number of rotatable bonds is 7. The van der Waals surface area contributed by atoms with Crippen LogP contribution in [-0.4, -0.2) is 54.2 Å². The van der Waals surface area contributed by atoms with Crippen molar-refractivity contribution < 1.29 is 32.3 Å². The second kappa shape index (κ2) is 12.5. The van der Waals surface area contributed by atoms with Gasteiger partial charge in [0, 0.05) is 12.1 Å². The summed E-state index contributed by atoms with van der Waals surface area (Å²) in [6.45, 7) is 10.6. The lowest BCUT2D eigenvalue weighted by Gasteiger charge is -2.21. The van der Waals surface area contributed by atoms with E-state index < -0.39 is 33.7 Å². The Morgan fingerprint density at radius 1 is 1.13 bits per heavy atom. The number of nitrogens with zero attached hydrogens (tertiary/aromatic N) is 3. The van der Waals surface area contributed by atoms with E-state index in [-0.39, 0.29) is 35.1 Å². The highest BCUT2D eigenvalue weighted by Gasteiger charge is 2.23. The quantitative estimate of drug-likeness (QED) is 0.425. The minimum atomic E-state index is -3.63. The van der Waals surface area contributed by atoms with Crippen LogP contribution in [-0.2, 0) is 14.8 Å². The van der Waals surface area contributed by atoms with Crippen molar-refractivity contribution in [3.05, 3.63) is 65.5 Å². The zero-order valence-electron chi connectivity index (χ0n) is 22.5. The first-order valence-corrected chi connectivity index (χ1v) is 13.7. The zero-order valence-corrected chi connectivity index (χ0v) is 23.4. The number of aromatic carboxylic acids is 1. The van der Waals surface area contributed by atoms with Crippen molar-refractivity contribution >= 4 is 27.8 Å². The number of alkyl carbamates (subject to hydrolysis) is 1. The van der Waals surface area contributed by atoms with Gasteiger partial charge in [-0.1, -0.05) is 35.9 Å². The van der Waals surface area contributed by atoms with Crippen LogP contribution < -0.4 is 9.62 Å². The highest BCUT2D eigenvalue weighted by molar-refractivity contribution is 7.92. The fraction of sp³-hybridized carbons (Fsp3) is 0.385. The molecule has 2 aromatic carbocycles. The van der Waals surface area contributed by atoms with Crippen LogP contribution >= 0.6 is 0 Å².